The highest BCUT2D eigenvalue weighted by Gasteiger charge is 2.33. The van der Waals surface area contributed by atoms with Crippen LogP contribution in [0.25, 0.3) is 0 Å². The van der Waals surface area contributed by atoms with Crippen molar-refractivity contribution in [2.75, 3.05) is 26.2 Å². The third-order valence-electron chi connectivity index (χ3n) is 4.25. The van der Waals surface area contributed by atoms with Crippen molar-refractivity contribution < 1.29 is 0 Å². The maximum absolute atomic E-state index is 3.73. The highest BCUT2D eigenvalue weighted by Crippen LogP contribution is 2.24. The maximum atomic E-state index is 3.73. The molecule has 1 heterocycles. The van der Waals surface area contributed by atoms with E-state index in [0.29, 0.717) is 5.54 Å². The topological polar surface area (TPSA) is 15.3 Å². The Morgan fingerprint density at radius 2 is 2.06 bits per heavy atom. The molecule has 2 nitrogen and oxygen atoms in total. The molecule has 2 unspecified atom stereocenters. The summed E-state index contributed by atoms with van der Waals surface area (Å²) in [5, 5.41) is 3.73. The zero-order valence-electron chi connectivity index (χ0n) is 11.7. The highest BCUT2D eigenvalue weighted by molar-refractivity contribution is 4.94. The van der Waals surface area contributed by atoms with Gasteiger partial charge in [0.2, 0.25) is 0 Å². The summed E-state index contributed by atoms with van der Waals surface area (Å²) in [5.41, 5.74) is 0.420. The Labute approximate surface area is 102 Å². The lowest BCUT2D eigenvalue weighted by Gasteiger charge is -2.35. The molecule has 0 saturated carbocycles. The van der Waals surface area contributed by atoms with Gasteiger partial charge in [0.15, 0.2) is 0 Å². The standard InChI is InChI=1S/C14H30N2/c1-5-13(4)11-16(7-3)12-14(6-2)9-8-10-15-14/h13,15H,5-12H2,1-4H3. The van der Waals surface area contributed by atoms with Crippen molar-refractivity contribution in [2.45, 2.75) is 58.9 Å². The van der Waals surface area contributed by atoms with Crippen molar-refractivity contribution in [3.63, 3.8) is 0 Å². The first-order valence-corrected chi connectivity index (χ1v) is 7.13. The fourth-order valence-electron chi connectivity index (χ4n) is 2.72. The van der Waals surface area contributed by atoms with Crippen molar-refractivity contribution in [3.8, 4) is 0 Å². The van der Waals surface area contributed by atoms with Crippen LogP contribution in [-0.2, 0) is 0 Å². The number of hydrogen-bond donors (Lipinski definition) is 1. The first-order chi connectivity index (χ1) is 7.65. The first-order valence-electron chi connectivity index (χ1n) is 7.13. The normalized spacial score (nSPS) is 27.6. The lowest BCUT2D eigenvalue weighted by atomic mass is 9.93. The molecule has 1 rings (SSSR count). The molecule has 96 valence electrons. The molecule has 0 aliphatic carbocycles. The molecule has 0 radical (unpaired) electrons. The monoisotopic (exact) mass is 226 g/mol. The minimum Gasteiger partial charge on any atom is -0.310 e. The van der Waals surface area contributed by atoms with E-state index in [1.54, 1.807) is 0 Å². The second-order valence-electron chi connectivity index (χ2n) is 5.51. The lowest BCUT2D eigenvalue weighted by Crippen LogP contribution is -2.50. The van der Waals surface area contributed by atoms with Gasteiger partial charge in [-0.2, -0.15) is 0 Å². The summed E-state index contributed by atoms with van der Waals surface area (Å²) in [4.78, 5) is 2.63. The van der Waals surface area contributed by atoms with E-state index in [1.807, 2.05) is 0 Å². The molecule has 0 aromatic heterocycles. The Balaban J connectivity index is 2.47. The Morgan fingerprint density at radius 1 is 1.31 bits per heavy atom. The number of rotatable bonds is 7. The third-order valence-corrected chi connectivity index (χ3v) is 4.25. The minimum absolute atomic E-state index is 0.420. The predicted octanol–water partition coefficient (Wildman–Crippen LogP) is 2.89. The second kappa shape index (κ2) is 6.61. The Kier molecular flexibility index (Phi) is 5.77. The highest BCUT2D eigenvalue weighted by atomic mass is 15.2. The summed E-state index contributed by atoms with van der Waals surface area (Å²) in [5.74, 6) is 0.829. The smallest absolute Gasteiger partial charge is 0.0306 e. The maximum Gasteiger partial charge on any atom is 0.0306 e. The van der Waals surface area contributed by atoms with Gasteiger partial charge in [-0.1, -0.05) is 34.1 Å². The van der Waals surface area contributed by atoms with Crippen LogP contribution in [0.4, 0.5) is 0 Å². The van der Waals surface area contributed by atoms with Gasteiger partial charge >= 0.3 is 0 Å². The molecule has 1 N–H and O–H groups in total. The van der Waals surface area contributed by atoms with Crippen LogP contribution in [0.3, 0.4) is 0 Å². The van der Waals surface area contributed by atoms with Crippen molar-refractivity contribution in [3.05, 3.63) is 0 Å². The Hall–Kier alpha value is -0.0800. The van der Waals surface area contributed by atoms with Gasteiger partial charge in [-0.15, -0.1) is 0 Å². The van der Waals surface area contributed by atoms with Crippen molar-refractivity contribution in [2.24, 2.45) is 5.92 Å². The zero-order chi connectivity index (χ0) is 12.0. The Bertz CT molecular complexity index is 185. The van der Waals surface area contributed by atoms with Crippen LogP contribution in [0.15, 0.2) is 0 Å². The average molecular weight is 226 g/mol. The fraction of sp³-hybridized carbons (Fsp3) is 1.00. The van der Waals surface area contributed by atoms with Crippen LogP contribution in [-0.4, -0.2) is 36.6 Å². The van der Waals surface area contributed by atoms with E-state index >= 15 is 0 Å². The van der Waals surface area contributed by atoms with Crippen LogP contribution in [0.1, 0.15) is 53.4 Å². The van der Waals surface area contributed by atoms with Gasteiger partial charge in [0, 0.05) is 18.6 Å². The van der Waals surface area contributed by atoms with Gasteiger partial charge in [-0.05, 0) is 38.3 Å². The van der Waals surface area contributed by atoms with Crippen LogP contribution in [0, 0.1) is 5.92 Å². The number of nitrogens with zero attached hydrogens (tertiary/aromatic N) is 1. The number of hydrogen-bond acceptors (Lipinski definition) is 2. The molecule has 0 spiro atoms. The Morgan fingerprint density at radius 3 is 2.50 bits per heavy atom. The fourth-order valence-corrected chi connectivity index (χ4v) is 2.72. The van der Waals surface area contributed by atoms with E-state index in [9.17, 15) is 0 Å². The zero-order valence-corrected chi connectivity index (χ0v) is 11.7. The van der Waals surface area contributed by atoms with E-state index < -0.39 is 0 Å². The van der Waals surface area contributed by atoms with Gasteiger partial charge in [0.25, 0.3) is 0 Å². The third kappa shape index (κ3) is 3.74. The minimum atomic E-state index is 0.420. The average Bonchev–Trinajstić information content (AvgIpc) is 2.77. The molecule has 0 bridgehead atoms. The van der Waals surface area contributed by atoms with Gasteiger partial charge in [-0.25, -0.2) is 0 Å². The van der Waals surface area contributed by atoms with Gasteiger partial charge in [-0.3, -0.25) is 0 Å². The molecule has 1 fully saturated rings. The quantitative estimate of drug-likeness (QED) is 0.718. The van der Waals surface area contributed by atoms with Crippen molar-refractivity contribution >= 4 is 0 Å². The van der Waals surface area contributed by atoms with Crippen LogP contribution in [0.5, 0.6) is 0 Å². The second-order valence-corrected chi connectivity index (χ2v) is 5.51. The molecular weight excluding hydrogens is 196 g/mol. The van der Waals surface area contributed by atoms with E-state index in [-0.39, 0.29) is 0 Å². The first kappa shape index (κ1) is 14.0. The molecule has 0 aromatic carbocycles. The van der Waals surface area contributed by atoms with Crippen molar-refractivity contribution in [1.82, 2.24) is 10.2 Å². The summed E-state index contributed by atoms with van der Waals surface area (Å²) in [6.07, 6.45) is 5.28. The molecule has 1 saturated heterocycles. The van der Waals surface area contributed by atoms with Crippen molar-refractivity contribution in [1.29, 1.82) is 0 Å². The van der Waals surface area contributed by atoms with Gasteiger partial charge < -0.3 is 10.2 Å². The molecule has 0 aromatic rings. The molecule has 2 heteroatoms. The lowest BCUT2D eigenvalue weighted by molar-refractivity contribution is 0.174. The molecule has 2 atom stereocenters. The van der Waals surface area contributed by atoms with Crippen LogP contribution < -0.4 is 5.32 Å². The predicted molar refractivity (Wildman–Crippen MR) is 71.8 cm³/mol. The summed E-state index contributed by atoms with van der Waals surface area (Å²) in [7, 11) is 0. The molecule has 0 amide bonds. The molecule has 16 heavy (non-hydrogen) atoms. The van der Waals surface area contributed by atoms with E-state index in [2.05, 4.69) is 37.9 Å². The van der Waals surface area contributed by atoms with E-state index in [1.165, 1.54) is 51.9 Å². The summed E-state index contributed by atoms with van der Waals surface area (Å²) in [6.45, 7) is 14.2. The number of likely N-dealkylation sites (N-methyl/N-ethyl adjacent to an activating group) is 1. The van der Waals surface area contributed by atoms with Gasteiger partial charge in [0.05, 0.1) is 0 Å². The summed E-state index contributed by atoms with van der Waals surface area (Å²) in [6, 6.07) is 0. The summed E-state index contributed by atoms with van der Waals surface area (Å²) >= 11 is 0. The van der Waals surface area contributed by atoms with Gasteiger partial charge in [0.1, 0.15) is 0 Å². The largest absolute Gasteiger partial charge is 0.310 e. The SMILES string of the molecule is CCC(C)CN(CC)CC1(CC)CCCN1. The van der Waals surface area contributed by atoms with E-state index in [4.69, 9.17) is 0 Å². The van der Waals surface area contributed by atoms with Crippen LogP contribution in [0.2, 0.25) is 0 Å². The summed E-state index contributed by atoms with van der Waals surface area (Å²) < 4.78 is 0. The van der Waals surface area contributed by atoms with Crippen LogP contribution >= 0.6 is 0 Å². The molecular formula is C14H30N2. The molecule has 1 aliphatic heterocycles. The number of nitrogens with one attached hydrogen (secondary N) is 1. The molecule has 1 aliphatic rings. The van der Waals surface area contributed by atoms with E-state index in [0.717, 1.165) is 5.92 Å².